The molecule has 0 unspecified atom stereocenters. The van der Waals surface area contributed by atoms with Crippen molar-refractivity contribution in [3.05, 3.63) is 53.8 Å². The van der Waals surface area contributed by atoms with Crippen LogP contribution in [0.4, 0.5) is 0 Å². The number of hydrogen-bond acceptors (Lipinski definition) is 6. The average Bonchev–Trinajstić information content (AvgIpc) is 3.41. The van der Waals surface area contributed by atoms with Crippen molar-refractivity contribution < 1.29 is 13.2 Å². The number of carbonyl (C=O) groups is 1. The monoisotopic (exact) mass is 433 g/mol. The lowest BCUT2D eigenvalue weighted by atomic mass is 10.3. The van der Waals surface area contributed by atoms with Crippen LogP contribution < -0.4 is 5.32 Å². The molecule has 154 valence electrons. The summed E-state index contributed by atoms with van der Waals surface area (Å²) in [5, 5.41) is 9.55. The van der Waals surface area contributed by atoms with E-state index in [0.717, 1.165) is 11.3 Å². The Hall–Kier alpha value is -2.56. The van der Waals surface area contributed by atoms with Crippen LogP contribution in [0.2, 0.25) is 0 Å². The molecule has 0 radical (unpaired) electrons. The van der Waals surface area contributed by atoms with Crippen LogP contribution in [-0.4, -0.2) is 59.3 Å². The molecule has 0 saturated heterocycles. The smallest absolute Gasteiger partial charge is 0.270 e. The number of thiazole rings is 1. The van der Waals surface area contributed by atoms with Gasteiger partial charge in [-0.1, -0.05) is 18.2 Å². The van der Waals surface area contributed by atoms with Gasteiger partial charge in [-0.25, -0.2) is 22.4 Å². The summed E-state index contributed by atoms with van der Waals surface area (Å²) in [6, 6.07) is 9.75. The molecule has 0 spiro atoms. The third-order valence-corrected chi connectivity index (χ3v) is 7.12. The maximum absolute atomic E-state index is 12.3. The molecule has 1 amide bonds. The molecular weight excluding hydrogens is 410 g/mol. The van der Waals surface area contributed by atoms with Gasteiger partial charge in [-0.3, -0.25) is 4.79 Å². The van der Waals surface area contributed by atoms with Crippen LogP contribution >= 0.6 is 11.3 Å². The molecule has 1 aromatic carbocycles. The summed E-state index contributed by atoms with van der Waals surface area (Å²) in [5.41, 5.74) is 2.12. The number of amides is 1. The molecule has 0 aliphatic heterocycles. The predicted molar refractivity (Wildman–Crippen MR) is 114 cm³/mol. The van der Waals surface area contributed by atoms with Crippen LogP contribution in [0.1, 0.15) is 23.8 Å². The Labute approximate surface area is 174 Å². The van der Waals surface area contributed by atoms with Gasteiger partial charge in [0.25, 0.3) is 5.91 Å². The highest BCUT2D eigenvalue weighted by Crippen LogP contribution is 2.24. The van der Waals surface area contributed by atoms with Gasteiger partial charge < -0.3 is 5.32 Å². The van der Waals surface area contributed by atoms with E-state index in [1.54, 1.807) is 30.2 Å². The SMILES string of the molecule is CCS(=O)(=O)N(C)CCCNC(=O)c1csc(-c2cnn(-c3ccccc3)c2)n1. The lowest BCUT2D eigenvalue weighted by Crippen LogP contribution is -2.32. The standard InChI is InChI=1S/C19H23N5O3S2/c1-3-29(26,27)23(2)11-7-10-20-18(25)17-14-28-19(22-17)15-12-21-24(13-15)16-8-5-4-6-9-16/h4-6,8-9,12-14H,3,7,10-11H2,1-2H3,(H,20,25). The van der Waals surface area contributed by atoms with Crippen molar-refractivity contribution in [1.82, 2.24) is 24.4 Å². The highest BCUT2D eigenvalue weighted by Gasteiger charge is 2.15. The van der Waals surface area contributed by atoms with E-state index in [2.05, 4.69) is 15.4 Å². The molecule has 8 nitrogen and oxygen atoms in total. The summed E-state index contributed by atoms with van der Waals surface area (Å²) in [5.74, 6) is -0.206. The molecule has 0 aliphatic rings. The summed E-state index contributed by atoms with van der Waals surface area (Å²) in [6.45, 7) is 2.34. The summed E-state index contributed by atoms with van der Waals surface area (Å²) in [6.07, 6.45) is 4.12. The zero-order chi connectivity index (χ0) is 20.9. The van der Waals surface area contributed by atoms with E-state index in [0.29, 0.717) is 30.2 Å². The Balaban J connectivity index is 1.55. The Morgan fingerprint density at radius 2 is 2.03 bits per heavy atom. The van der Waals surface area contributed by atoms with Crippen LogP contribution in [0.3, 0.4) is 0 Å². The highest BCUT2D eigenvalue weighted by molar-refractivity contribution is 7.89. The Morgan fingerprint density at radius 1 is 1.28 bits per heavy atom. The largest absolute Gasteiger partial charge is 0.351 e. The second kappa shape index (κ2) is 9.29. The summed E-state index contributed by atoms with van der Waals surface area (Å²) in [7, 11) is -1.65. The molecule has 0 atom stereocenters. The van der Waals surface area contributed by atoms with Gasteiger partial charge in [0, 0.05) is 37.3 Å². The highest BCUT2D eigenvalue weighted by atomic mass is 32.2. The molecule has 29 heavy (non-hydrogen) atoms. The van der Waals surface area contributed by atoms with Crippen molar-refractivity contribution in [2.45, 2.75) is 13.3 Å². The molecule has 2 heterocycles. The van der Waals surface area contributed by atoms with Gasteiger partial charge in [-0.15, -0.1) is 11.3 Å². The van der Waals surface area contributed by atoms with Gasteiger partial charge in [-0.05, 0) is 25.5 Å². The molecular formula is C19H23N5O3S2. The summed E-state index contributed by atoms with van der Waals surface area (Å²) < 4.78 is 26.5. The van der Waals surface area contributed by atoms with Crippen LogP contribution in [0.5, 0.6) is 0 Å². The maximum atomic E-state index is 12.3. The fraction of sp³-hybridized carbons (Fsp3) is 0.316. The van der Waals surface area contributed by atoms with E-state index >= 15 is 0 Å². The minimum Gasteiger partial charge on any atom is -0.351 e. The second-order valence-electron chi connectivity index (χ2n) is 6.38. The normalized spacial score (nSPS) is 11.7. The lowest BCUT2D eigenvalue weighted by Gasteiger charge is -2.15. The first kappa shape index (κ1) is 21.2. The van der Waals surface area contributed by atoms with Crippen LogP contribution in [0.15, 0.2) is 48.1 Å². The Morgan fingerprint density at radius 3 is 2.76 bits per heavy atom. The number of rotatable bonds is 9. The fourth-order valence-electron chi connectivity index (χ4n) is 2.62. The van der Waals surface area contributed by atoms with E-state index < -0.39 is 10.0 Å². The molecule has 0 aliphatic carbocycles. The number of nitrogens with one attached hydrogen (secondary N) is 1. The minimum atomic E-state index is -3.19. The van der Waals surface area contributed by atoms with Crippen LogP contribution in [0.25, 0.3) is 16.3 Å². The number of aromatic nitrogens is 3. The van der Waals surface area contributed by atoms with Crippen molar-refractivity contribution in [3.8, 4) is 16.3 Å². The van der Waals surface area contributed by atoms with Gasteiger partial charge >= 0.3 is 0 Å². The molecule has 0 fully saturated rings. The van der Waals surface area contributed by atoms with E-state index in [-0.39, 0.29) is 11.7 Å². The zero-order valence-electron chi connectivity index (χ0n) is 16.3. The molecule has 3 aromatic rings. The summed E-state index contributed by atoms with van der Waals surface area (Å²) >= 11 is 1.38. The number of carbonyl (C=O) groups excluding carboxylic acids is 1. The Kier molecular flexibility index (Phi) is 6.78. The van der Waals surface area contributed by atoms with Crippen molar-refractivity contribution in [3.63, 3.8) is 0 Å². The van der Waals surface area contributed by atoms with Crippen LogP contribution in [0, 0.1) is 0 Å². The third kappa shape index (κ3) is 5.28. The van der Waals surface area contributed by atoms with Crippen molar-refractivity contribution in [1.29, 1.82) is 0 Å². The minimum absolute atomic E-state index is 0.0678. The second-order valence-corrected chi connectivity index (χ2v) is 9.60. The Bertz CT molecular complexity index is 1060. The van der Waals surface area contributed by atoms with Crippen molar-refractivity contribution in [2.24, 2.45) is 0 Å². The van der Waals surface area contributed by atoms with Gasteiger partial charge in [0.2, 0.25) is 10.0 Å². The van der Waals surface area contributed by atoms with E-state index in [4.69, 9.17) is 0 Å². The topological polar surface area (TPSA) is 97.2 Å². The van der Waals surface area contributed by atoms with Gasteiger partial charge in [-0.2, -0.15) is 5.10 Å². The zero-order valence-corrected chi connectivity index (χ0v) is 17.9. The number of benzene rings is 1. The molecule has 0 saturated carbocycles. The lowest BCUT2D eigenvalue weighted by molar-refractivity contribution is 0.0948. The molecule has 2 aromatic heterocycles. The number of nitrogens with zero attached hydrogens (tertiary/aromatic N) is 4. The molecule has 1 N–H and O–H groups in total. The quantitative estimate of drug-likeness (QED) is 0.523. The van der Waals surface area contributed by atoms with Gasteiger partial charge in [0.1, 0.15) is 10.7 Å². The van der Waals surface area contributed by atoms with Gasteiger partial charge in [0.05, 0.1) is 17.6 Å². The van der Waals surface area contributed by atoms with Crippen molar-refractivity contribution >= 4 is 27.3 Å². The molecule has 10 heteroatoms. The number of sulfonamides is 1. The number of para-hydroxylation sites is 1. The first-order valence-corrected chi connectivity index (χ1v) is 11.7. The van der Waals surface area contributed by atoms with E-state index in [9.17, 15) is 13.2 Å². The van der Waals surface area contributed by atoms with E-state index in [1.165, 1.54) is 15.6 Å². The summed E-state index contributed by atoms with van der Waals surface area (Å²) in [4.78, 5) is 16.7. The maximum Gasteiger partial charge on any atom is 0.270 e. The number of hydrogen-bond donors (Lipinski definition) is 1. The average molecular weight is 434 g/mol. The van der Waals surface area contributed by atoms with Crippen LogP contribution in [-0.2, 0) is 10.0 Å². The van der Waals surface area contributed by atoms with Crippen molar-refractivity contribution in [2.75, 3.05) is 25.9 Å². The third-order valence-electron chi connectivity index (χ3n) is 4.36. The molecule has 0 bridgehead atoms. The fourth-order valence-corrected chi connectivity index (χ4v) is 4.24. The molecule has 3 rings (SSSR count). The first-order chi connectivity index (χ1) is 13.9. The van der Waals surface area contributed by atoms with Gasteiger partial charge in [0.15, 0.2) is 0 Å². The first-order valence-electron chi connectivity index (χ1n) is 9.19. The predicted octanol–water partition coefficient (Wildman–Crippen LogP) is 2.40. The van der Waals surface area contributed by atoms with E-state index in [1.807, 2.05) is 36.5 Å².